The highest BCUT2D eigenvalue weighted by atomic mass is 79.9. The van der Waals surface area contributed by atoms with E-state index in [1.54, 1.807) is 0 Å². The van der Waals surface area contributed by atoms with Crippen molar-refractivity contribution in [2.75, 3.05) is 11.9 Å². The molecule has 0 spiro atoms. The molecule has 86 valence electrons. The fourth-order valence-electron chi connectivity index (χ4n) is 0.992. The van der Waals surface area contributed by atoms with Gasteiger partial charge in [0.05, 0.1) is 12.2 Å². The quantitative estimate of drug-likeness (QED) is 0.889. The maximum Gasteiger partial charge on any atom is 0.243 e. The first kappa shape index (κ1) is 12.6. The van der Waals surface area contributed by atoms with Gasteiger partial charge in [0.1, 0.15) is 5.82 Å². The van der Waals surface area contributed by atoms with E-state index in [0.717, 1.165) is 0 Å². The molecule has 1 rings (SSSR count). The van der Waals surface area contributed by atoms with E-state index in [1.165, 1.54) is 25.1 Å². The van der Waals surface area contributed by atoms with Gasteiger partial charge >= 0.3 is 0 Å². The first-order chi connectivity index (χ1) is 7.49. The maximum absolute atomic E-state index is 12.9. The molecule has 2 amide bonds. The van der Waals surface area contributed by atoms with Crippen molar-refractivity contribution in [1.29, 1.82) is 0 Å². The van der Waals surface area contributed by atoms with Crippen molar-refractivity contribution in [1.82, 2.24) is 5.32 Å². The summed E-state index contributed by atoms with van der Waals surface area (Å²) in [6.07, 6.45) is 0. The largest absolute Gasteiger partial charge is 0.347 e. The summed E-state index contributed by atoms with van der Waals surface area (Å²) < 4.78 is 13.4. The fraction of sp³-hybridized carbons (Fsp3) is 0.200. The number of halogens is 2. The highest BCUT2D eigenvalue weighted by Crippen LogP contribution is 2.22. The van der Waals surface area contributed by atoms with Gasteiger partial charge in [0.15, 0.2) is 0 Å². The lowest BCUT2D eigenvalue weighted by Crippen LogP contribution is -2.31. The van der Waals surface area contributed by atoms with Crippen molar-refractivity contribution < 1.29 is 14.0 Å². The molecule has 0 bridgehead atoms. The van der Waals surface area contributed by atoms with E-state index in [4.69, 9.17) is 0 Å². The van der Waals surface area contributed by atoms with E-state index in [2.05, 4.69) is 26.6 Å². The molecule has 16 heavy (non-hydrogen) atoms. The molecule has 0 saturated heterocycles. The Labute approximate surface area is 100 Å². The van der Waals surface area contributed by atoms with Gasteiger partial charge in [-0.25, -0.2) is 4.39 Å². The third kappa shape index (κ3) is 3.98. The van der Waals surface area contributed by atoms with Crippen LogP contribution in [0.25, 0.3) is 0 Å². The Morgan fingerprint density at radius 3 is 2.75 bits per heavy atom. The number of nitrogens with one attached hydrogen (secondary N) is 2. The number of amides is 2. The zero-order chi connectivity index (χ0) is 12.1. The minimum Gasteiger partial charge on any atom is -0.347 e. The van der Waals surface area contributed by atoms with Crippen molar-refractivity contribution in [3.63, 3.8) is 0 Å². The Bertz CT molecular complexity index is 423. The minimum atomic E-state index is -0.446. The molecule has 2 N–H and O–H groups in total. The lowest BCUT2D eigenvalue weighted by Gasteiger charge is -2.07. The molecule has 6 heteroatoms. The second kappa shape index (κ2) is 5.60. The fourth-order valence-corrected chi connectivity index (χ4v) is 1.34. The van der Waals surface area contributed by atoms with Crippen LogP contribution in [-0.4, -0.2) is 18.4 Å². The molecule has 0 atom stereocenters. The number of hydrogen-bond acceptors (Lipinski definition) is 2. The van der Waals surface area contributed by atoms with Gasteiger partial charge in [0.25, 0.3) is 0 Å². The van der Waals surface area contributed by atoms with E-state index >= 15 is 0 Å². The predicted octanol–water partition coefficient (Wildman–Crippen LogP) is 1.66. The number of anilines is 1. The van der Waals surface area contributed by atoms with Gasteiger partial charge in [-0.05, 0) is 34.1 Å². The van der Waals surface area contributed by atoms with Crippen LogP contribution in [0.4, 0.5) is 10.1 Å². The van der Waals surface area contributed by atoms with Crippen LogP contribution in [0.5, 0.6) is 0 Å². The zero-order valence-corrected chi connectivity index (χ0v) is 10.1. The Hall–Kier alpha value is -1.43. The summed E-state index contributed by atoms with van der Waals surface area (Å²) in [4.78, 5) is 21.9. The van der Waals surface area contributed by atoms with Crippen molar-refractivity contribution in [3.05, 3.63) is 28.5 Å². The van der Waals surface area contributed by atoms with E-state index in [0.29, 0.717) is 10.2 Å². The number of rotatable bonds is 3. The molecule has 0 aromatic heterocycles. The SMILES string of the molecule is CC(=O)NCC(=O)Nc1cc(F)ccc1Br. The molecular formula is C10H10BrFN2O2. The Balaban J connectivity index is 2.62. The highest BCUT2D eigenvalue weighted by molar-refractivity contribution is 9.10. The molecule has 0 fully saturated rings. The zero-order valence-electron chi connectivity index (χ0n) is 8.51. The second-order valence-corrected chi connectivity index (χ2v) is 3.94. The summed E-state index contributed by atoms with van der Waals surface area (Å²) in [7, 11) is 0. The lowest BCUT2D eigenvalue weighted by atomic mass is 10.3. The van der Waals surface area contributed by atoms with Gasteiger partial charge in [0, 0.05) is 11.4 Å². The molecule has 0 aliphatic rings. The second-order valence-electron chi connectivity index (χ2n) is 3.08. The molecule has 0 heterocycles. The molecule has 4 nitrogen and oxygen atoms in total. The highest BCUT2D eigenvalue weighted by Gasteiger charge is 2.06. The van der Waals surface area contributed by atoms with Crippen LogP contribution in [0, 0.1) is 5.82 Å². The summed E-state index contributed by atoms with van der Waals surface area (Å²) in [5.74, 6) is -1.16. The average molecular weight is 289 g/mol. The first-order valence-corrected chi connectivity index (χ1v) is 5.27. The van der Waals surface area contributed by atoms with Gasteiger partial charge in [-0.3, -0.25) is 9.59 Å². The van der Waals surface area contributed by atoms with Crippen LogP contribution < -0.4 is 10.6 Å². The van der Waals surface area contributed by atoms with Crippen LogP contribution in [0.3, 0.4) is 0 Å². The number of hydrogen-bond donors (Lipinski definition) is 2. The summed E-state index contributed by atoms with van der Waals surface area (Å²) in [5, 5.41) is 4.81. The van der Waals surface area contributed by atoms with Crippen LogP contribution >= 0.6 is 15.9 Å². The number of carbonyl (C=O) groups is 2. The number of carbonyl (C=O) groups excluding carboxylic acids is 2. The van der Waals surface area contributed by atoms with E-state index in [9.17, 15) is 14.0 Å². The van der Waals surface area contributed by atoms with E-state index in [-0.39, 0.29) is 12.5 Å². The number of benzene rings is 1. The maximum atomic E-state index is 12.9. The topological polar surface area (TPSA) is 58.2 Å². The van der Waals surface area contributed by atoms with Gasteiger partial charge < -0.3 is 10.6 Å². The molecule has 0 saturated carbocycles. The van der Waals surface area contributed by atoms with Crippen molar-refractivity contribution in [2.24, 2.45) is 0 Å². The summed E-state index contributed by atoms with van der Waals surface area (Å²) in [5.41, 5.74) is 0.329. The Morgan fingerprint density at radius 1 is 1.44 bits per heavy atom. The van der Waals surface area contributed by atoms with Gasteiger partial charge in [-0.2, -0.15) is 0 Å². The molecule has 1 aromatic carbocycles. The molecule has 0 aliphatic carbocycles. The summed E-state index contributed by atoms with van der Waals surface area (Å²) >= 11 is 3.17. The summed E-state index contributed by atoms with van der Waals surface area (Å²) in [6, 6.07) is 3.95. The van der Waals surface area contributed by atoms with Crippen LogP contribution in [-0.2, 0) is 9.59 Å². The first-order valence-electron chi connectivity index (χ1n) is 4.48. The third-order valence-corrected chi connectivity index (χ3v) is 2.39. The van der Waals surface area contributed by atoms with Crippen molar-refractivity contribution >= 4 is 33.4 Å². The van der Waals surface area contributed by atoms with Crippen LogP contribution in [0.2, 0.25) is 0 Å². The minimum absolute atomic E-state index is 0.141. The van der Waals surface area contributed by atoms with Crippen LogP contribution in [0.15, 0.2) is 22.7 Å². The van der Waals surface area contributed by atoms with Gasteiger partial charge in [-0.1, -0.05) is 0 Å². The Morgan fingerprint density at radius 2 is 2.12 bits per heavy atom. The average Bonchev–Trinajstić information content (AvgIpc) is 2.20. The van der Waals surface area contributed by atoms with E-state index in [1.807, 2.05) is 0 Å². The van der Waals surface area contributed by atoms with E-state index < -0.39 is 11.7 Å². The normalized spacial score (nSPS) is 9.69. The third-order valence-electron chi connectivity index (χ3n) is 1.70. The van der Waals surface area contributed by atoms with Crippen LogP contribution in [0.1, 0.15) is 6.92 Å². The Kier molecular flexibility index (Phi) is 4.42. The van der Waals surface area contributed by atoms with Gasteiger partial charge in [-0.15, -0.1) is 0 Å². The predicted molar refractivity (Wildman–Crippen MR) is 61.4 cm³/mol. The standard InChI is InChI=1S/C10H10BrFN2O2/c1-6(15)13-5-10(16)14-9-4-7(12)2-3-8(9)11/h2-4H,5H2,1H3,(H,13,15)(H,14,16). The molecule has 0 aliphatic heterocycles. The molecular weight excluding hydrogens is 279 g/mol. The lowest BCUT2D eigenvalue weighted by molar-refractivity contribution is -0.122. The van der Waals surface area contributed by atoms with Gasteiger partial charge in [0.2, 0.25) is 11.8 Å². The smallest absolute Gasteiger partial charge is 0.243 e. The molecule has 1 aromatic rings. The van der Waals surface area contributed by atoms with Crippen molar-refractivity contribution in [2.45, 2.75) is 6.92 Å². The monoisotopic (exact) mass is 288 g/mol. The molecule has 0 unspecified atom stereocenters. The molecule has 0 radical (unpaired) electrons. The van der Waals surface area contributed by atoms with Crippen molar-refractivity contribution in [3.8, 4) is 0 Å². The summed E-state index contributed by atoms with van der Waals surface area (Å²) in [6.45, 7) is 1.17.